The van der Waals surface area contributed by atoms with Crippen molar-refractivity contribution < 1.29 is 0 Å². The summed E-state index contributed by atoms with van der Waals surface area (Å²) >= 11 is 1.72. The first-order valence-electron chi connectivity index (χ1n) is 9.40. The third kappa shape index (κ3) is 4.95. The molecular weight excluding hydrogens is 370 g/mol. The van der Waals surface area contributed by atoms with Crippen LogP contribution in [0.25, 0.3) is 5.82 Å². The molecule has 0 spiro atoms. The molecule has 0 aliphatic carbocycles. The van der Waals surface area contributed by atoms with Crippen LogP contribution >= 0.6 is 11.3 Å². The normalized spacial score (nSPS) is 11.7. The fourth-order valence-electron chi connectivity index (χ4n) is 2.91. The van der Waals surface area contributed by atoms with Crippen LogP contribution in [0.15, 0.2) is 29.4 Å². The number of pyridine rings is 1. The van der Waals surface area contributed by atoms with E-state index in [1.807, 2.05) is 56.8 Å². The summed E-state index contributed by atoms with van der Waals surface area (Å²) in [6.45, 7) is 12.2. The lowest BCUT2D eigenvalue weighted by molar-refractivity contribution is 0.800. The summed E-state index contributed by atoms with van der Waals surface area (Å²) in [4.78, 5) is 14.9. The van der Waals surface area contributed by atoms with Gasteiger partial charge in [-0.15, -0.1) is 11.3 Å². The van der Waals surface area contributed by atoms with Crippen LogP contribution in [-0.2, 0) is 13.1 Å². The summed E-state index contributed by atoms with van der Waals surface area (Å²) < 4.78 is 1.85. The third-order valence-corrected chi connectivity index (χ3v) is 5.29. The Morgan fingerprint density at radius 3 is 2.57 bits per heavy atom. The second kappa shape index (κ2) is 8.97. The van der Waals surface area contributed by atoms with Gasteiger partial charge in [0.05, 0.1) is 29.5 Å². The Balaban J connectivity index is 1.65. The van der Waals surface area contributed by atoms with Crippen LogP contribution in [0.4, 0.5) is 0 Å². The topological polar surface area (TPSA) is 80.0 Å². The molecule has 28 heavy (non-hydrogen) atoms. The molecule has 3 aromatic heterocycles. The molecular formula is C20H27N7S. The van der Waals surface area contributed by atoms with Crippen molar-refractivity contribution in [1.82, 2.24) is 30.4 Å². The van der Waals surface area contributed by atoms with Crippen molar-refractivity contribution >= 4 is 17.3 Å². The molecule has 0 unspecified atom stereocenters. The molecule has 3 heterocycles. The van der Waals surface area contributed by atoms with E-state index in [0.29, 0.717) is 6.54 Å². The predicted octanol–water partition coefficient (Wildman–Crippen LogP) is 3.21. The number of hydrogen-bond acceptors (Lipinski definition) is 5. The van der Waals surface area contributed by atoms with Crippen LogP contribution < -0.4 is 10.6 Å². The van der Waals surface area contributed by atoms with E-state index in [0.717, 1.165) is 52.5 Å². The number of aryl methyl sites for hydroxylation is 4. The molecule has 0 atom stereocenters. The van der Waals surface area contributed by atoms with Crippen molar-refractivity contribution in [3.63, 3.8) is 0 Å². The van der Waals surface area contributed by atoms with E-state index in [4.69, 9.17) is 0 Å². The molecule has 0 radical (unpaired) electrons. The second-order valence-corrected chi connectivity index (χ2v) is 7.94. The SMILES string of the molecule is CCNC(=NCc1ccc(-n2nc(C)cc2C)nc1)NCc1sc(C)nc1C. The van der Waals surface area contributed by atoms with E-state index in [1.54, 1.807) is 11.3 Å². The van der Waals surface area contributed by atoms with Crippen LogP contribution in [0.2, 0.25) is 0 Å². The molecule has 0 bridgehead atoms. The van der Waals surface area contributed by atoms with Crippen LogP contribution in [-0.4, -0.2) is 32.3 Å². The van der Waals surface area contributed by atoms with Gasteiger partial charge in [-0.25, -0.2) is 19.6 Å². The monoisotopic (exact) mass is 397 g/mol. The zero-order chi connectivity index (χ0) is 20.1. The lowest BCUT2D eigenvalue weighted by atomic mass is 10.3. The largest absolute Gasteiger partial charge is 0.357 e. The van der Waals surface area contributed by atoms with E-state index < -0.39 is 0 Å². The van der Waals surface area contributed by atoms with Crippen LogP contribution in [0.3, 0.4) is 0 Å². The second-order valence-electron chi connectivity index (χ2n) is 6.65. The summed E-state index contributed by atoms with van der Waals surface area (Å²) in [7, 11) is 0. The lowest BCUT2D eigenvalue weighted by Gasteiger charge is -2.11. The molecule has 7 nitrogen and oxygen atoms in total. The molecule has 8 heteroatoms. The third-order valence-electron chi connectivity index (χ3n) is 4.22. The quantitative estimate of drug-likeness (QED) is 0.493. The maximum Gasteiger partial charge on any atom is 0.191 e. The van der Waals surface area contributed by atoms with Gasteiger partial charge >= 0.3 is 0 Å². The Morgan fingerprint density at radius 2 is 2.00 bits per heavy atom. The van der Waals surface area contributed by atoms with Crippen molar-refractivity contribution in [1.29, 1.82) is 0 Å². The van der Waals surface area contributed by atoms with Crippen LogP contribution in [0.5, 0.6) is 0 Å². The summed E-state index contributed by atoms with van der Waals surface area (Å²) in [5.41, 5.74) is 4.19. The van der Waals surface area contributed by atoms with Crippen LogP contribution in [0.1, 0.15) is 39.5 Å². The van der Waals surface area contributed by atoms with Gasteiger partial charge in [0.15, 0.2) is 11.8 Å². The van der Waals surface area contributed by atoms with E-state index in [9.17, 15) is 0 Å². The minimum absolute atomic E-state index is 0.556. The highest BCUT2D eigenvalue weighted by Crippen LogP contribution is 2.16. The Bertz CT molecular complexity index is 954. The average molecular weight is 398 g/mol. The Labute approximate surface area is 170 Å². The van der Waals surface area contributed by atoms with Crippen molar-refractivity contribution in [3.05, 3.63) is 56.9 Å². The minimum atomic E-state index is 0.556. The maximum absolute atomic E-state index is 4.68. The highest BCUT2D eigenvalue weighted by atomic mass is 32.1. The Kier molecular flexibility index (Phi) is 6.41. The van der Waals surface area contributed by atoms with Gasteiger partial charge in [-0.2, -0.15) is 5.10 Å². The standard InChI is InChI=1S/C20H27N7S/c1-6-21-20(24-12-18-15(4)25-16(5)28-18)23-11-17-7-8-19(22-10-17)27-14(3)9-13(2)26-27/h7-10H,6,11-12H2,1-5H3,(H2,21,23,24). The summed E-state index contributed by atoms with van der Waals surface area (Å²) in [5.74, 6) is 1.61. The summed E-state index contributed by atoms with van der Waals surface area (Å²) in [6, 6.07) is 6.07. The van der Waals surface area contributed by atoms with Crippen molar-refractivity contribution in [3.8, 4) is 5.82 Å². The highest BCUT2D eigenvalue weighted by Gasteiger charge is 2.07. The first kappa shape index (κ1) is 20.0. The Hall–Kier alpha value is -2.74. The number of guanidine groups is 1. The number of nitrogens with one attached hydrogen (secondary N) is 2. The van der Waals surface area contributed by atoms with Gasteiger partial charge < -0.3 is 10.6 Å². The van der Waals surface area contributed by atoms with Crippen molar-refractivity contribution in [2.24, 2.45) is 4.99 Å². The van der Waals surface area contributed by atoms with Gasteiger partial charge in [-0.3, -0.25) is 0 Å². The molecule has 0 aliphatic heterocycles. The number of thiazole rings is 1. The lowest BCUT2D eigenvalue weighted by Crippen LogP contribution is -2.36. The number of rotatable bonds is 6. The van der Waals surface area contributed by atoms with Gasteiger partial charge in [0, 0.05) is 23.3 Å². The van der Waals surface area contributed by atoms with E-state index >= 15 is 0 Å². The molecule has 3 rings (SSSR count). The van der Waals surface area contributed by atoms with Gasteiger partial charge in [0.25, 0.3) is 0 Å². The zero-order valence-corrected chi connectivity index (χ0v) is 17.9. The van der Waals surface area contributed by atoms with Crippen molar-refractivity contribution in [2.75, 3.05) is 6.54 Å². The molecule has 3 aromatic rings. The number of hydrogen-bond donors (Lipinski definition) is 2. The number of nitrogens with zero attached hydrogens (tertiary/aromatic N) is 5. The number of aliphatic imine (C=N–C) groups is 1. The molecule has 0 amide bonds. The average Bonchev–Trinajstić information content (AvgIpc) is 3.17. The van der Waals surface area contributed by atoms with Crippen molar-refractivity contribution in [2.45, 2.75) is 47.7 Å². The summed E-state index contributed by atoms with van der Waals surface area (Å²) in [5, 5.41) is 12.2. The highest BCUT2D eigenvalue weighted by molar-refractivity contribution is 7.11. The minimum Gasteiger partial charge on any atom is -0.357 e. The smallest absolute Gasteiger partial charge is 0.191 e. The van der Waals surface area contributed by atoms with Gasteiger partial charge in [-0.1, -0.05) is 6.07 Å². The molecule has 0 saturated carbocycles. The molecule has 0 saturated heterocycles. The molecule has 0 aromatic carbocycles. The van der Waals surface area contributed by atoms with Gasteiger partial charge in [0.1, 0.15) is 0 Å². The maximum atomic E-state index is 4.68. The van der Waals surface area contributed by atoms with E-state index in [2.05, 4.69) is 37.6 Å². The fraction of sp³-hybridized carbons (Fsp3) is 0.400. The molecule has 0 fully saturated rings. The Morgan fingerprint density at radius 1 is 1.18 bits per heavy atom. The van der Waals surface area contributed by atoms with Crippen LogP contribution in [0, 0.1) is 27.7 Å². The van der Waals surface area contributed by atoms with E-state index in [1.165, 1.54) is 4.88 Å². The predicted molar refractivity (Wildman–Crippen MR) is 114 cm³/mol. The first-order valence-corrected chi connectivity index (χ1v) is 10.2. The zero-order valence-electron chi connectivity index (χ0n) is 17.1. The van der Waals surface area contributed by atoms with Gasteiger partial charge in [0.2, 0.25) is 0 Å². The van der Waals surface area contributed by atoms with Gasteiger partial charge in [-0.05, 0) is 52.3 Å². The summed E-state index contributed by atoms with van der Waals surface area (Å²) in [6.07, 6.45) is 1.86. The molecule has 148 valence electrons. The number of aromatic nitrogens is 4. The molecule has 0 aliphatic rings. The fourth-order valence-corrected chi connectivity index (χ4v) is 3.79. The first-order chi connectivity index (χ1) is 13.5. The van der Waals surface area contributed by atoms with E-state index in [-0.39, 0.29) is 0 Å². The molecule has 2 N–H and O–H groups in total.